The van der Waals surface area contributed by atoms with Gasteiger partial charge in [-0.05, 0) is 24.5 Å². The van der Waals surface area contributed by atoms with Crippen LogP contribution in [0.2, 0.25) is 0 Å². The van der Waals surface area contributed by atoms with Crippen molar-refractivity contribution < 1.29 is 0 Å². The van der Waals surface area contributed by atoms with Gasteiger partial charge in [0.05, 0.1) is 18.2 Å². The minimum absolute atomic E-state index is 0.0352. The zero-order valence-corrected chi connectivity index (χ0v) is 15.0. The third-order valence-corrected chi connectivity index (χ3v) is 4.80. The van der Waals surface area contributed by atoms with Crippen molar-refractivity contribution in [3.05, 3.63) is 45.7 Å². The number of hydrogen-bond acceptors (Lipinski definition) is 7. The molecule has 9 nitrogen and oxygen atoms in total. The number of aryl methyl sites for hydroxylation is 1. The lowest BCUT2D eigenvalue weighted by Gasteiger charge is -2.32. The summed E-state index contributed by atoms with van der Waals surface area (Å²) in [4.78, 5) is 21.2. The summed E-state index contributed by atoms with van der Waals surface area (Å²) in [5.41, 5.74) is 7.70. The normalized spacial score (nSPS) is 17.2. The first kappa shape index (κ1) is 17.2. The molecule has 1 atom stereocenters. The third-order valence-electron chi connectivity index (χ3n) is 4.80. The monoisotopic (exact) mass is 364 g/mol. The summed E-state index contributed by atoms with van der Waals surface area (Å²) in [7, 11) is 1.66. The molecule has 4 rings (SSSR count). The maximum atomic E-state index is 13.2. The second kappa shape index (κ2) is 6.81. The molecule has 2 aromatic heterocycles. The van der Waals surface area contributed by atoms with E-state index in [0.29, 0.717) is 23.7 Å². The summed E-state index contributed by atoms with van der Waals surface area (Å²) in [6, 6.07) is 9.46. The van der Waals surface area contributed by atoms with Gasteiger partial charge >= 0.3 is 0 Å². The summed E-state index contributed by atoms with van der Waals surface area (Å²) in [6.45, 7) is 1.63. The van der Waals surface area contributed by atoms with E-state index in [0.717, 1.165) is 24.9 Å². The van der Waals surface area contributed by atoms with Gasteiger partial charge in [-0.25, -0.2) is 0 Å². The highest BCUT2D eigenvalue weighted by Gasteiger charge is 2.24. The van der Waals surface area contributed by atoms with E-state index >= 15 is 0 Å². The number of hydrogen-bond donors (Lipinski definition) is 1. The van der Waals surface area contributed by atoms with Crippen LogP contribution in [0.15, 0.2) is 29.1 Å². The molecule has 1 saturated heterocycles. The standard InChI is InChI=1S/C18H20N8O/c1-24-22-15-16(23-24)21-18(25-8-4-7-14(20)11-25)26(17(15)27)10-13-6-3-2-5-12(13)9-19/h2-3,5-6,14H,4,7-8,10-11,20H2,1H3. The van der Waals surface area contributed by atoms with Gasteiger partial charge in [0.1, 0.15) is 0 Å². The molecule has 0 bridgehead atoms. The van der Waals surface area contributed by atoms with Gasteiger partial charge in [0, 0.05) is 26.2 Å². The van der Waals surface area contributed by atoms with E-state index in [4.69, 9.17) is 5.73 Å². The van der Waals surface area contributed by atoms with Crippen LogP contribution in [0.3, 0.4) is 0 Å². The summed E-state index contributed by atoms with van der Waals surface area (Å²) in [6.07, 6.45) is 1.88. The molecule has 9 heteroatoms. The first-order valence-corrected chi connectivity index (χ1v) is 8.87. The van der Waals surface area contributed by atoms with Crippen LogP contribution in [0.25, 0.3) is 11.2 Å². The predicted octanol–water partition coefficient (Wildman–Crippen LogP) is 0.372. The molecule has 1 fully saturated rings. The second-order valence-corrected chi connectivity index (χ2v) is 6.78. The SMILES string of the molecule is Cn1nc2nc(N3CCCC(N)C3)n(Cc3ccccc3C#N)c(=O)c2n1. The average molecular weight is 364 g/mol. The molecule has 0 radical (unpaired) electrons. The molecule has 0 aliphatic carbocycles. The van der Waals surface area contributed by atoms with Gasteiger partial charge in [0.15, 0.2) is 5.52 Å². The van der Waals surface area contributed by atoms with Crippen molar-refractivity contribution in [1.29, 1.82) is 5.26 Å². The molecule has 2 N–H and O–H groups in total. The molecule has 0 amide bonds. The van der Waals surface area contributed by atoms with E-state index in [2.05, 4.69) is 21.3 Å². The molecule has 1 aromatic carbocycles. The third kappa shape index (κ3) is 3.15. The lowest BCUT2D eigenvalue weighted by atomic mass is 10.1. The molecular formula is C18H20N8O. The number of nitriles is 1. The zero-order valence-electron chi connectivity index (χ0n) is 15.0. The molecule has 1 aliphatic rings. The Morgan fingerprint density at radius 2 is 2.15 bits per heavy atom. The fraction of sp³-hybridized carbons (Fsp3) is 0.389. The van der Waals surface area contributed by atoms with Gasteiger partial charge in [-0.1, -0.05) is 18.2 Å². The summed E-state index contributed by atoms with van der Waals surface area (Å²) in [5, 5.41) is 17.7. The van der Waals surface area contributed by atoms with E-state index < -0.39 is 0 Å². The molecule has 1 unspecified atom stereocenters. The molecule has 0 saturated carbocycles. The first-order chi connectivity index (χ1) is 13.1. The maximum Gasteiger partial charge on any atom is 0.285 e. The fourth-order valence-corrected chi connectivity index (χ4v) is 3.50. The fourth-order valence-electron chi connectivity index (χ4n) is 3.50. The van der Waals surface area contributed by atoms with Gasteiger partial charge < -0.3 is 10.6 Å². The Morgan fingerprint density at radius 1 is 1.33 bits per heavy atom. The van der Waals surface area contributed by atoms with Crippen LogP contribution in [0, 0.1) is 11.3 Å². The van der Waals surface area contributed by atoms with Crippen molar-refractivity contribution in [2.45, 2.75) is 25.4 Å². The molecule has 138 valence electrons. The van der Waals surface area contributed by atoms with Crippen molar-refractivity contribution in [3.8, 4) is 6.07 Å². The number of aromatic nitrogens is 5. The van der Waals surface area contributed by atoms with E-state index in [-0.39, 0.29) is 23.7 Å². The largest absolute Gasteiger partial charge is 0.341 e. The molecule has 0 spiro atoms. The van der Waals surface area contributed by atoms with Crippen molar-refractivity contribution in [2.75, 3.05) is 18.0 Å². The average Bonchev–Trinajstić information content (AvgIpc) is 3.05. The Balaban J connectivity index is 1.88. The van der Waals surface area contributed by atoms with Crippen LogP contribution in [0.1, 0.15) is 24.0 Å². The highest BCUT2D eigenvalue weighted by Crippen LogP contribution is 2.20. The Bertz CT molecular complexity index is 1090. The summed E-state index contributed by atoms with van der Waals surface area (Å²) < 4.78 is 1.57. The number of piperidine rings is 1. The minimum atomic E-state index is -0.269. The van der Waals surface area contributed by atoms with Crippen molar-refractivity contribution in [2.24, 2.45) is 12.8 Å². The van der Waals surface area contributed by atoms with Crippen LogP contribution in [0.5, 0.6) is 0 Å². The van der Waals surface area contributed by atoms with E-state index in [1.165, 1.54) is 4.80 Å². The van der Waals surface area contributed by atoms with Crippen molar-refractivity contribution >= 4 is 17.1 Å². The Morgan fingerprint density at radius 3 is 2.93 bits per heavy atom. The highest BCUT2D eigenvalue weighted by molar-refractivity contribution is 5.69. The minimum Gasteiger partial charge on any atom is -0.341 e. The molecule has 3 aromatic rings. The van der Waals surface area contributed by atoms with Crippen LogP contribution in [-0.2, 0) is 13.6 Å². The zero-order chi connectivity index (χ0) is 19.0. The van der Waals surface area contributed by atoms with E-state index in [1.54, 1.807) is 23.7 Å². The van der Waals surface area contributed by atoms with Gasteiger partial charge in [-0.3, -0.25) is 9.36 Å². The van der Waals surface area contributed by atoms with Crippen LogP contribution >= 0.6 is 0 Å². The summed E-state index contributed by atoms with van der Waals surface area (Å²) >= 11 is 0. The number of nitrogens with zero attached hydrogens (tertiary/aromatic N) is 7. The van der Waals surface area contributed by atoms with Crippen LogP contribution in [-0.4, -0.2) is 43.7 Å². The predicted molar refractivity (Wildman–Crippen MR) is 100 cm³/mol. The van der Waals surface area contributed by atoms with E-state index in [1.807, 2.05) is 17.0 Å². The second-order valence-electron chi connectivity index (χ2n) is 6.78. The molecular weight excluding hydrogens is 344 g/mol. The maximum absolute atomic E-state index is 13.2. The van der Waals surface area contributed by atoms with Crippen LogP contribution in [0.4, 0.5) is 5.95 Å². The van der Waals surface area contributed by atoms with Crippen molar-refractivity contribution in [1.82, 2.24) is 24.5 Å². The van der Waals surface area contributed by atoms with Gasteiger partial charge in [-0.15, -0.1) is 10.2 Å². The van der Waals surface area contributed by atoms with E-state index in [9.17, 15) is 10.1 Å². The number of fused-ring (bicyclic) bond motifs is 1. The van der Waals surface area contributed by atoms with Gasteiger partial charge in [-0.2, -0.15) is 15.0 Å². The Hall–Kier alpha value is -3.25. The molecule has 27 heavy (non-hydrogen) atoms. The van der Waals surface area contributed by atoms with Crippen molar-refractivity contribution in [3.63, 3.8) is 0 Å². The first-order valence-electron chi connectivity index (χ1n) is 8.87. The number of rotatable bonds is 3. The lowest BCUT2D eigenvalue weighted by Crippen LogP contribution is -2.45. The Labute approximate surface area is 155 Å². The quantitative estimate of drug-likeness (QED) is 0.713. The van der Waals surface area contributed by atoms with Crippen LogP contribution < -0.4 is 16.2 Å². The molecule has 1 aliphatic heterocycles. The number of anilines is 1. The lowest BCUT2D eigenvalue weighted by molar-refractivity contribution is 0.491. The number of nitrogens with two attached hydrogens (primary N) is 1. The number of benzene rings is 1. The van der Waals surface area contributed by atoms with Gasteiger partial charge in [0.25, 0.3) is 5.56 Å². The smallest absolute Gasteiger partial charge is 0.285 e. The van der Waals surface area contributed by atoms with Gasteiger partial charge in [0.2, 0.25) is 11.6 Å². The summed E-state index contributed by atoms with van der Waals surface area (Å²) in [5.74, 6) is 0.524. The Kier molecular flexibility index (Phi) is 4.33. The highest BCUT2D eigenvalue weighted by atomic mass is 16.1. The topological polar surface area (TPSA) is 119 Å². The molecule has 3 heterocycles.